The van der Waals surface area contributed by atoms with E-state index in [1.165, 1.54) is 16.0 Å². The third kappa shape index (κ3) is 2.54. The van der Waals surface area contributed by atoms with Gasteiger partial charge in [-0.1, -0.05) is 22.0 Å². The molecule has 4 heteroatoms. The van der Waals surface area contributed by atoms with Crippen molar-refractivity contribution in [1.29, 1.82) is 0 Å². The summed E-state index contributed by atoms with van der Waals surface area (Å²) in [5.41, 5.74) is 2.43. The highest BCUT2D eigenvalue weighted by Crippen LogP contribution is 2.41. The second-order valence-electron chi connectivity index (χ2n) is 3.94. The van der Waals surface area contributed by atoms with Crippen molar-refractivity contribution in [3.63, 3.8) is 0 Å². The van der Waals surface area contributed by atoms with Gasteiger partial charge in [0.1, 0.15) is 11.5 Å². The van der Waals surface area contributed by atoms with Gasteiger partial charge < -0.3 is 9.47 Å². The van der Waals surface area contributed by atoms with Crippen LogP contribution in [0.4, 0.5) is 0 Å². The summed E-state index contributed by atoms with van der Waals surface area (Å²) < 4.78 is 10.6. The van der Waals surface area contributed by atoms with Crippen LogP contribution in [0.15, 0.2) is 29.6 Å². The highest BCUT2D eigenvalue weighted by molar-refractivity contribution is 9.09. The van der Waals surface area contributed by atoms with E-state index >= 15 is 0 Å². The molecule has 96 valence electrons. The van der Waals surface area contributed by atoms with Crippen molar-refractivity contribution in [2.24, 2.45) is 0 Å². The van der Waals surface area contributed by atoms with E-state index in [-0.39, 0.29) is 4.83 Å². The summed E-state index contributed by atoms with van der Waals surface area (Å²) in [6.07, 6.45) is 0. The van der Waals surface area contributed by atoms with E-state index < -0.39 is 0 Å². The van der Waals surface area contributed by atoms with Crippen molar-refractivity contribution in [3.05, 3.63) is 45.6 Å². The average Bonchev–Trinajstić information content (AvgIpc) is 2.86. The van der Waals surface area contributed by atoms with Gasteiger partial charge in [-0.05, 0) is 41.6 Å². The Balaban J connectivity index is 2.37. The number of hydrogen-bond acceptors (Lipinski definition) is 3. The van der Waals surface area contributed by atoms with E-state index in [1.54, 1.807) is 25.6 Å². The fourth-order valence-electron chi connectivity index (χ4n) is 1.86. The molecular weight excluding hydrogens is 312 g/mol. The first-order chi connectivity index (χ1) is 8.67. The Morgan fingerprint density at radius 3 is 2.56 bits per heavy atom. The molecule has 1 aromatic carbocycles. The summed E-state index contributed by atoms with van der Waals surface area (Å²) in [4.78, 5) is 1.34. The molecule has 2 aromatic rings. The monoisotopic (exact) mass is 326 g/mol. The average molecular weight is 327 g/mol. The van der Waals surface area contributed by atoms with Crippen LogP contribution in [0.25, 0.3) is 0 Å². The van der Waals surface area contributed by atoms with Crippen LogP contribution in [0.3, 0.4) is 0 Å². The van der Waals surface area contributed by atoms with Crippen molar-refractivity contribution in [1.82, 2.24) is 0 Å². The maximum Gasteiger partial charge on any atom is 0.134 e. The predicted octanol–water partition coefficient (Wildman–Crippen LogP) is 4.56. The first kappa shape index (κ1) is 13.4. The van der Waals surface area contributed by atoms with Crippen LogP contribution >= 0.6 is 27.3 Å². The molecule has 0 bridgehead atoms. The molecule has 1 unspecified atom stereocenters. The first-order valence-electron chi connectivity index (χ1n) is 5.57. The third-order valence-corrected chi connectivity index (χ3v) is 5.07. The van der Waals surface area contributed by atoms with Gasteiger partial charge in [-0.15, -0.1) is 11.3 Å². The SMILES string of the molecule is COc1ccc(C(Br)c2sccc2OC)c(C)c1. The lowest BCUT2D eigenvalue weighted by atomic mass is 10.0. The molecule has 0 radical (unpaired) electrons. The Morgan fingerprint density at radius 2 is 1.94 bits per heavy atom. The summed E-state index contributed by atoms with van der Waals surface area (Å²) in [6.45, 7) is 2.09. The number of rotatable bonds is 4. The summed E-state index contributed by atoms with van der Waals surface area (Å²) in [7, 11) is 3.38. The predicted molar refractivity (Wildman–Crippen MR) is 79.4 cm³/mol. The van der Waals surface area contributed by atoms with Gasteiger partial charge in [0.2, 0.25) is 0 Å². The molecule has 0 aliphatic heterocycles. The van der Waals surface area contributed by atoms with Gasteiger partial charge in [0.15, 0.2) is 0 Å². The molecule has 1 atom stereocenters. The Bertz CT molecular complexity index is 536. The van der Waals surface area contributed by atoms with Gasteiger partial charge in [0.25, 0.3) is 0 Å². The number of alkyl halides is 1. The minimum atomic E-state index is 0.151. The second-order valence-corrected chi connectivity index (χ2v) is 5.80. The van der Waals surface area contributed by atoms with Gasteiger partial charge in [-0.25, -0.2) is 0 Å². The van der Waals surface area contributed by atoms with Gasteiger partial charge >= 0.3 is 0 Å². The van der Waals surface area contributed by atoms with Crippen LogP contribution in [0.1, 0.15) is 20.8 Å². The molecule has 2 rings (SSSR count). The molecule has 1 heterocycles. The van der Waals surface area contributed by atoms with Crippen LogP contribution in [0.5, 0.6) is 11.5 Å². The van der Waals surface area contributed by atoms with Gasteiger partial charge in [-0.3, -0.25) is 0 Å². The van der Waals surface area contributed by atoms with Gasteiger partial charge in [-0.2, -0.15) is 0 Å². The summed E-state index contributed by atoms with van der Waals surface area (Å²) in [5.74, 6) is 1.81. The van der Waals surface area contributed by atoms with Crippen LogP contribution in [0.2, 0.25) is 0 Å². The largest absolute Gasteiger partial charge is 0.497 e. The Labute approximate surface area is 120 Å². The zero-order valence-electron chi connectivity index (χ0n) is 10.6. The first-order valence-corrected chi connectivity index (χ1v) is 7.37. The smallest absolute Gasteiger partial charge is 0.134 e. The number of aryl methyl sites for hydroxylation is 1. The standard InChI is InChI=1S/C14H15BrO2S/c1-9-8-10(16-2)4-5-11(9)13(15)14-12(17-3)6-7-18-14/h4-8,13H,1-3H3. The third-order valence-electron chi connectivity index (χ3n) is 2.86. The van der Waals surface area contributed by atoms with E-state index in [4.69, 9.17) is 9.47 Å². The van der Waals surface area contributed by atoms with E-state index in [2.05, 4.69) is 28.9 Å². The quantitative estimate of drug-likeness (QED) is 0.767. The summed E-state index contributed by atoms with van der Waals surface area (Å²) in [5, 5.41) is 2.04. The van der Waals surface area contributed by atoms with Gasteiger partial charge in [0, 0.05) is 0 Å². The number of ether oxygens (including phenoxy) is 2. The molecular formula is C14H15BrO2S. The van der Waals surface area contributed by atoms with Crippen LogP contribution < -0.4 is 9.47 Å². The Morgan fingerprint density at radius 1 is 1.17 bits per heavy atom. The van der Waals surface area contributed by atoms with Crippen LogP contribution in [-0.2, 0) is 0 Å². The van der Waals surface area contributed by atoms with Crippen molar-refractivity contribution in [2.75, 3.05) is 14.2 Å². The molecule has 0 amide bonds. The number of thiophene rings is 1. The fourth-order valence-corrected chi connectivity index (χ4v) is 3.78. The van der Waals surface area contributed by atoms with Crippen LogP contribution in [-0.4, -0.2) is 14.2 Å². The molecule has 0 saturated heterocycles. The lowest BCUT2D eigenvalue weighted by Gasteiger charge is -2.14. The lowest BCUT2D eigenvalue weighted by Crippen LogP contribution is -1.96. The van der Waals surface area contributed by atoms with Crippen molar-refractivity contribution >= 4 is 27.3 Å². The normalized spacial score (nSPS) is 12.2. The van der Waals surface area contributed by atoms with Crippen molar-refractivity contribution < 1.29 is 9.47 Å². The second kappa shape index (κ2) is 5.76. The fraction of sp³-hybridized carbons (Fsp3) is 0.286. The minimum Gasteiger partial charge on any atom is -0.497 e. The molecule has 0 fully saturated rings. The molecule has 2 nitrogen and oxygen atoms in total. The summed E-state index contributed by atoms with van der Waals surface area (Å²) in [6, 6.07) is 8.11. The number of hydrogen-bond donors (Lipinski definition) is 0. The number of halogens is 1. The Hall–Kier alpha value is -1.00. The summed E-state index contributed by atoms with van der Waals surface area (Å²) >= 11 is 5.44. The van der Waals surface area contributed by atoms with E-state index in [0.29, 0.717) is 0 Å². The zero-order chi connectivity index (χ0) is 13.1. The van der Waals surface area contributed by atoms with Crippen molar-refractivity contribution in [3.8, 4) is 11.5 Å². The lowest BCUT2D eigenvalue weighted by molar-refractivity contribution is 0.412. The topological polar surface area (TPSA) is 18.5 Å². The molecule has 18 heavy (non-hydrogen) atoms. The zero-order valence-corrected chi connectivity index (χ0v) is 13.0. The molecule has 0 saturated carbocycles. The highest BCUT2D eigenvalue weighted by Gasteiger charge is 2.18. The van der Waals surface area contributed by atoms with Gasteiger partial charge in [0.05, 0.1) is 23.9 Å². The molecule has 0 aliphatic carbocycles. The van der Waals surface area contributed by atoms with Crippen molar-refractivity contribution in [2.45, 2.75) is 11.8 Å². The number of methoxy groups -OCH3 is 2. The molecule has 0 aliphatic rings. The maximum atomic E-state index is 5.37. The molecule has 0 N–H and O–H groups in total. The maximum absolute atomic E-state index is 5.37. The molecule has 0 spiro atoms. The highest BCUT2D eigenvalue weighted by atomic mass is 79.9. The van der Waals surface area contributed by atoms with Crippen LogP contribution in [0, 0.1) is 6.92 Å². The van der Waals surface area contributed by atoms with E-state index in [1.807, 2.05) is 23.6 Å². The minimum absolute atomic E-state index is 0.151. The van der Waals surface area contributed by atoms with E-state index in [0.717, 1.165) is 11.5 Å². The van der Waals surface area contributed by atoms with E-state index in [9.17, 15) is 0 Å². The Kier molecular flexibility index (Phi) is 4.30. The molecule has 1 aromatic heterocycles. The number of benzene rings is 1.